The Hall–Kier alpha value is -3.42. The fourth-order valence-corrected chi connectivity index (χ4v) is 2.66. The minimum Gasteiger partial charge on any atom is -0.454 e. The van der Waals surface area contributed by atoms with E-state index in [0.29, 0.717) is 11.3 Å². The molecular weight excluding hydrogens is 374 g/mol. The molecule has 1 aromatic heterocycles. The van der Waals surface area contributed by atoms with Crippen LogP contribution in [0.5, 0.6) is 0 Å². The van der Waals surface area contributed by atoms with Crippen LogP contribution >= 0.6 is 0 Å². The summed E-state index contributed by atoms with van der Waals surface area (Å²) in [5.41, 5.74) is 1.64. The molecule has 0 bridgehead atoms. The summed E-state index contributed by atoms with van der Waals surface area (Å²) in [4.78, 5) is 48.7. The molecule has 0 saturated carbocycles. The van der Waals surface area contributed by atoms with E-state index in [0.717, 1.165) is 5.56 Å². The first-order chi connectivity index (χ1) is 13.7. The average Bonchev–Trinajstić information content (AvgIpc) is 3.09. The predicted octanol–water partition coefficient (Wildman–Crippen LogP) is 1.59. The van der Waals surface area contributed by atoms with Crippen LogP contribution in [-0.4, -0.2) is 40.9 Å². The van der Waals surface area contributed by atoms with Crippen LogP contribution in [-0.2, 0) is 21.4 Å². The molecule has 2 N–H and O–H groups in total. The molecule has 0 radical (unpaired) electrons. The molecule has 0 saturated heterocycles. The Bertz CT molecular complexity index is 917. The van der Waals surface area contributed by atoms with E-state index < -0.39 is 36.3 Å². The number of aromatic nitrogens is 1. The highest BCUT2D eigenvalue weighted by molar-refractivity contribution is 6.04. The van der Waals surface area contributed by atoms with Crippen molar-refractivity contribution in [1.82, 2.24) is 15.2 Å². The van der Waals surface area contributed by atoms with Crippen LogP contribution in [0.1, 0.15) is 40.3 Å². The third-order valence-electron chi connectivity index (χ3n) is 4.26. The second-order valence-corrected chi connectivity index (χ2v) is 7.05. The van der Waals surface area contributed by atoms with Crippen molar-refractivity contribution in [2.24, 2.45) is 13.0 Å². The number of amides is 3. The number of hydrogen-bond acceptors (Lipinski definition) is 5. The van der Waals surface area contributed by atoms with Gasteiger partial charge in [0.1, 0.15) is 11.7 Å². The monoisotopic (exact) mass is 399 g/mol. The highest BCUT2D eigenvalue weighted by Gasteiger charge is 2.27. The third kappa shape index (κ3) is 6.03. The standard InChI is InChI=1S/C21H25N3O5/c1-13(2)18(23-19(26)15-8-5-7-14(3)11-15)21(28)29-12-17(25)22-20(27)16-9-6-10-24(16)4/h5-11,13,18H,12H2,1-4H3,(H,23,26)(H,22,25,27)/t18-/m1/s1. The highest BCUT2D eigenvalue weighted by Crippen LogP contribution is 2.08. The Morgan fingerprint density at radius 3 is 2.38 bits per heavy atom. The Morgan fingerprint density at radius 2 is 1.79 bits per heavy atom. The quantitative estimate of drug-likeness (QED) is 0.688. The van der Waals surface area contributed by atoms with E-state index in [-0.39, 0.29) is 5.92 Å². The molecule has 0 spiro atoms. The smallest absolute Gasteiger partial charge is 0.329 e. The van der Waals surface area contributed by atoms with Gasteiger partial charge in [0.15, 0.2) is 6.61 Å². The summed E-state index contributed by atoms with van der Waals surface area (Å²) in [7, 11) is 1.67. The zero-order valence-corrected chi connectivity index (χ0v) is 16.9. The SMILES string of the molecule is Cc1cccc(C(=O)N[C@@H](C(=O)OCC(=O)NC(=O)c2cccn2C)C(C)C)c1. The number of benzene rings is 1. The lowest BCUT2D eigenvalue weighted by Crippen LogP contribution is -2.46. The number of nitrogens with one attached hydrogen (secondary N) is 2. The largest absolute Gasteiger partial charge is 0.454 e. The molecule has 0 aliphatic heterocycles. The second-order valence-electron chi connectivity index (χ2n) is 7.05. The van der Waals surface area contributed by atoms with Gasteiger partial charge in [0.05, 0.1) is 0 Å². The van der Waals surface area contributed by atoms with E-state index in [1.54, 1.807) is 62.0 Å². The molecular formula is C21H25N3O5. The Labute approximate surface area is 169 Å². The van der Waals surface area contributed by atoms with Crippen LogP contribution in [0, 0.1) is 12.8 Å². The van der Waals surface area contributed by atoms with E-state index in [9.17, 15) is 19.2 Å². The van der Waals surface area contributed by atoms with Crippen LogP contribution < -0.4 is 10.6 Å². The molecule has 154 valence electrons. The molecule has 1 heterocycles. The molecule has 0 aliphatic rings. The zero-order chi connectivity index (χ0) is 21.6. The van der Waals surface area contributed by atoms with Gasteiger partial charge in [-0.3, -0.25) is 19.7 Å². The number of carbonyl (C=O) groups is 4. The third-order valence-corrected chi connectivity index (χ3v) is 4.26. The molecule has 0 fully saturated rings. The number of carbonyl (C=O) groups excluding carboxylic acids is 4. The summed E-state index contributed by atoms with van der Waals surface area (Å²) in [5.74, 6) is -2.76. The minimum atomic E-state index is -0.931. The molecule has 1 aromatic carbocycles. The first-order valence-corrected chi connectivity index (χ1v) is 9.18. The van der Waals surface area contributed by atoms with E-state index >= 15 is 0 Å². The van der Waals surface area contributed by atoms with E-state index in [1.807, 2.05) is 13.0 Å². The number of hydrogen-bond donors (Lipinski definition) is 2. The summed E-state index contributed by atoms with van der Waals surface area (Å²) in [6, 6.07) is 9.27. The zero-order valence-electron chi connectivity index (χ0n) is 16.9. The lowest BCUT2D eigenvalue weighted by Gasteiger charge is -2.20. The Balaban J connectivity index is 1.92. The molecule has 0 unspecified atom stereocenters. The van der Waals surface area contributed by atoms with Crippen molar-refractivity contribution >= 4 is 23.7 Å². The van der Waals surface area contributed by atoms with Crippen LogP contribution in [0.4, 0.5) is 0 Å². The average molecular weight is 399 g/mol. The topological polar surface area (TPSA) is 106 Å². The number of ether oxygens (including phenoxy) is 1. The van der Waals surface area contributed by atoms with Gasteiger partial charge in [-0.25, -0.2) is 4.79 Å². The van der Waals surface area contributed by atoms with Crippen molar-refractivity contribution in [3.63, 3.8) is 0 Å². The Kier molecular flexibility index (Phi) is 7.30. The fraction of sp³-hybridized carbons (Fsp3) is 0.333. The van der Waals surface area contributed by atoms with Gasteiger partial charge >= 0.3 is 5.97 Å². The number of aryl methyl sites for hydroxylation is 2. The van der Waals surface area contributed by atoms with Gasteiger partial charge in [-0.15, -0.1) is 0 Å². The van der Waals surface area contributed by atoms with Gasteiger partial charge in [-0.05, 0) is 37.1 Å². The summed E-state index contributed by atoms with van der Waals surface area (Å²) < 4.78 is 6.57. The number of rotatable bonds is 7. The van der Waals surface area contributed by atoms with E-state index in [4.69, 9.17) is 4.74 Å². The molecule has 1 atom stereocenters. The first-order valence-electron chi connectivity index (χ1n) is 9.18. The van der Waals surface area contributed by atoms with Gasteiger partial charge in [-0.2, -0.15) is 0 Å². The normalized spacial score (nSPS) is 11.6. The van der Waals surface area contributed by atoms with Crippen molar-refractivity contribution in [3.05, 3.63) is 59.4 Å². The maximum Gasteiger partial charge on any atom is 0.329 e. The molecule has 2 rings (SSSR count). The molecule has 3 amide bonds. The maximum atomic E-state index is 12.4. The number of imide groups is 1. The fourth-order valence-electron chi connectivity index (χ4n) is 2.66. The van der Waals surface area contributed by atoms with Crippen LogP contribution in [0.25, 0.3) is 0 Å². The van der Waals surface area contributed by atoms with Gasteiger partial charge in [0.25, 0.3) is 17.7 Å². The van der Waals surface area contributed by atoms with E-state index in [2.05, 4.69) is 10.6 Å². The van der Waals surface area contributed by atoms with Crippen LogP contribution in [0.3, 0.4) is 0 Å². The highest BCUT2D eigenvalue weighted by atomic mass is 16.5. The lowest BCUT2D eigenvalue weighted by atomic mass is 10.0. The van der Waals surface area contributed by atoms with Gasteiger partial charge in [-0.1, -0.05) is 31.5 Å². The van der Waals surface area contributed by atoms with Crippen molar-refractivity contribution in [1.29, 1.82) is 0 Å². The predicted molar refractivity (Wildman–Crippen MR) is 106 cm³/mol. The number of esters is 1. The first kappa shape index (κ1) is 21.9. The van der Waals surface area contributed by atoms with Crippen LogP contribution in [0.2, 0.25) is 0 Å². The van der Waals surface area contributed by atoms with Gasteiger partial charge in [0, 0.05) is 18.8 Å². The Morgan fingerprint density at radius 1 is 1.07 bits per heavy atom. The van der Waals surface area contributed by atoms with E-state index in [1.165, 1.54) is 0 Å². The molecule has 8 nitrogen and oxygen atoms in total. The molecule has 8 heteroatoms. The second kappa shape index (κ2) is 9.68. The van der Waals surface area contributed by atoms with Crippen molar-refractivity contribution < 1.29 is 23.9 Å². The maximum absolute atomic E-state index is 12.4. The number of nitrogens with zero attached hydrogens (tertiary/aromatic N) is 1. The minimum absolute atomic E-state index is 0.260. The molecule has 29 heavy (non-hydrogen) atoms. The van der Waals surface area contributed by atoms with Crippen molar-refractivity contribution in [3.8, 4) is 0 Å². The summed E-state index contributed by atoms with van der Waals surface area (Å²) >= 11 is 0. The summed E-state index contributed by atoms with van der Waals surface area (Å²) in [6.45, 7) is 4.74. The lowest BCUT2D eigenvalue weighted by molar-refractivity contribution is -0.151. The molecule has 2 aromatic rings. The van der Waals surface area contributed by atoms with Gasteiger partial charge < -0.3 is 14.6 Å². The van der Waals surface area contributed by atoms with Crippen molar-refractivity contribution in [2.75, 3.05) is 6.61 Å². The van der Waals surface area contributed by atoms with Crippen molar-refractivity contribution in [2.45, 2.75) is 26.8 Å². The molecule has 0 aliphatic carbocycles. The summed E-state index contributed by atoms with van der Waals surface area (Å²) in [6.07, 6.45) is 1.67. The van der Waals surface area contributed by atoms with Gasteiger partial charge in [0.2, 0.25) is 0 Å². The van der Waals surface area contributed by atoms with Crippen LogP contribution in [0.15, 0.2) is 42.6 Å². The summed E-state index contributed by atoms with van der Waals surface area (Å²) in [5, 5.41) is 4.79.